The second-order valence-corrected chi connectivity index (χ2v) is 8.09. The number of carbonyl (C=O) groups excluding carboxylic acids is 1. The summed E-state index contributed by atoms with van der Waals surface area (Å²) in [7, 11) is 1.71. The van der Waals surface area contributed by atoms with Crippen molar-refractivity contribution in [3.63, 3.8) is 0 Å². The van der Waals surface area contributed by atoms with Gasteiger partial charge in [0.1, 0.15) is 18.1 Å². The van der Waals surface area contributed by atoms with Gasteiger partial charge in [0, 0.05) is 42.4 Å². The van der Waals surface area contributed by atoms with Crippen molar-refractivity contribution in [2.24, 2.45) is 0 Å². The molecule has 1 aliphatic heterocycles. The summed E-state index contributed by atoms with van der Waals surface area (Å²) in [5, 5.41) is 3.23. The molecule has 1 aliphatic rings. The smallest absolute Gasteiger partial charge is 0.251 e. The summed E-state index contributed by atoms with van der Waals surface area (Å²) in [5.74, 6) is 1.70. The highest BCUT2D eigenvalue weighted by Crippen LogP contribution is 2.22. The van der Waals surface area contributed by atoms with Gasteiger partial charge in [0.15, 0.2) is 0 Å². The van der Waals surface area contributed by atoms with Crippen molar-refractivity contribution in [2.75, 3.05) is 20.2 Å². The van der Waals surface area contributed by atoms with Gasteiger partial charge in [-0.3, -0.25) is 9.69 Å². The summed E-state index contributed by atoms with van der Waals surface area (Å²) < 4.78 is 11.3. The average Bonchev–Trinajstić information content (AvgIpc) is 2.85. The topological polar surface area (TPSA) is 50.8 Å². The summed E-state index contributed by atoms with van der Waals surface area (Å²) in [6, 6.07) is 25.7. The minimum Gasteiger partial charge on any atom is -0.496 e. The number of piperidine rings is 1. The fourth-order valence-electron chi connectivity index (χ4n) is 4.12. The molecule has 5 nitrogen and oxygen atoms in total. The molecule has 1 N–H and O–H groups in total. The van der Waals surface area contributed by atoms with E-state index < -0.39 is 0 Å². The van der Waals surface area contributed by atoms with Gasteiger partial charge in [-0.2, -0.15) is 0 Å². The number of hydrogen-bond acceptors (Lipinski definition) is 4. The highest BCUT2D eigenvalue weighted by Gasteiger charge is 2.22. The fourth-order valence-corrected chi connectivity index (χ4v) is 4.12. The van der Waals surface area contributed by atoms with Crippen LogP contribution >= 0.6 is 0 Å². The second-order valence-electron chi connectivity index (χ2n) is 8.09. The van der Waals surface area contributed by atoms with Crippen LogP contribution in [0.4, 0.5) is 0 Å². The molecule has 1 saturated heterocycles. The van der Waals surface area contributed by atoms with Gasteiger partial charge < -0.3 is 14.8 Å². The quantitative estimate of drug-likeness (QED) is 0.564. The molecule has 0 unspecified atom stereocenters. The van der Waals surface area contributed by atoms with E-state index in [9.17, 15) is 4.79 Å². The Bertz CT molecular complexity index is 1010. The summed E-state index contributed by atoms with van der Waals surface area (Å²) >= 11 is 0. The van der Waals surface area contributed by atoms with Gasteiger partial charge in [-0.1, -0.05) is 54.6 Å². The van der Waals surface area contributed by atoms with E-state index in [1.807, 2.05) is 72.8 Å². The van der Waals surface area contributed by atoms with E-state index in [0.29, 0.717) is 12.2 Å². The average molecular weight is 431 g/mol. The van der Waals surface area contributed by atoms with E-state index in [1.54, 1.807) is 7.11 Å². The van der Waals surface area contributed by atoms with Crippen LogP contribution in [0.15, 0.2) is 78.9 Å². The Morgan fingerprint density at radius 2 is 1.56 bits per heavy atom. The zero-order valence-electron chi connectivity index (χ0n) is 18.5. The van der Waals surface area contributed by atoms with Crippen molar-refractivity contribution in [3.05, 3.63) is 95.6 Å². The first-order valence-corrected chi connectivity index (χ1v) is 11.1. The third kappa shape index (κ3) is 5.68. The zero-order chi connectivity index (χ0) is 22.2. The summed E-state index contributed by atoms with van der Waals surface area (Å²) in [5.41, 5.74) is 2.77. The summed E-state index contributed by atoms with van der Waals surface area (Å²) in [6.45, 7) is 3.12. The van der Waals surface area contributed by atoms with Crippen molar-refractivity contribution in [3.8, 4) is 11.5 Å². The monoisotopic (exact) mass is 430 g/mol. The molecule has 166 valence electrons. The minimum atomic E-state index is -0.0274. The van der Waals surface area contributed by atoms with Crippen LogP contribution in [-0.4, -0.2) is 37.0 Å². The lowest BCUT2D eigenvalue weighted by Crippen LogP contribution is -2.44. The van der Waals surface area contributed by atoms with E-state index in [1.165, 1.54) is 5.56 Å². The Hall–Kier alpha value is -3.31. The standard InChI is InChI=1S/C27H30N2O3/c1-31-26-14-8-6-9-21(26)19-29-17-15-23(16-18-29)28-27(30)25-13-7-5-10-22(25)20-32-24-11-3-2-4-12-24/h2-14,23H,15-20H2,1H3,(H,28,30). The normalized spacial score (nSPS) is 14.7. The Morgan fingerprint density at radius 1 is 0.906 bits per heavy atom. The Labute approximate surface area is 190 Å². The Kier molecular flexibility index (Phi) is 7.41. The van der Waals surface area contributed by atoms with Gasteiger partial charge in [0.05, 0.1) is 7.11 Å². The molecule has 3 aromatic rings. The molecule has 0 saturated carbocycles. The molecule has 1 fully saturated rings. The maximum atomic E-state index is 13.0. The van der Waals surface area contributed by atoms with Crippen LogP contribution in [0, 0.1) is 0 Å². The number of ether oxygens (including phenoxy) is 2. The number of hydrogen-bond donors (Lipinski definition) is 1. The number of nitrogens with one attached hydrogen (secondary N) is 1. The highest BCUT2D eigenvalue weighted by atomic mass is 16.5. The number of methoxy groups -OCH3 is 1. The lowest BCUT2D eigenvalue weighted by Gasteiger charge is -2.32. The van der Waals surface area contributed by atoms with Crippen molar-refractivity contribution >= 4 is 5.91 Å². The van der Waals surface area contributed by atoms with Crippen LogP contribution in [0.25, 0.3) is 0 Å². The first-order chi connectivity index (χ1) is 15.7. The predicted octanol–water partition coefficient (Wildman–Crippen LogP) is 4.67. The molecule has 0 atom stereocenters. The number of amides is 1. The van der Waals surface area contributed by atoms with Gasteiger partial charge in [0.25, 0.3) is 5.91 Å². The van der Waals surface area contributed by atoms with E-state index in [0.717, 1.165) is 49.5 Å². The molecular formula is C27H30N2O3. The first kappa shape index (κ1) is 21.9. The maximum absolute atomic E-state index is 13.0. The van der Waals surface area contributed by atoms with Crippen molar-refractivity contribution in [1.82, 2.24) is 10.2 Å². The van der Waals surface area contributed by atoms with Gasteiger partial charge >= 0.3 is 0 Å². The van der Waals surface area contributed by atoms with Gasteiger partial charge in [-0.05, 0) is 37.1 Å². The van der Waals surface area contributed by atoms with Crippen LogP contribution < -0.4 is 14.8 Å². The van der Waals surface area contributed by atoms with Crippen LogP contribution in [-0.2, 0) is 13.2 Å². The van der Waals surface area contributed by atoms with E-state index in [4.69, 9.17) is 9.47 Å². The molecule has 1 amide bonds. The van der Waals surface area contributed by atoms with E-state index in [2.05, 4.69) is 16.3 Å². The Morgan fingerprint density at radius 3 is 2.31 bits per heavy atom. The van der Waals surface area contributed by atoms with Gasteiger partial charge in [0.2, 0.25) is 0 Å². The molecule has 4 rings (SSSR count). The lowest BCUT2D eigenvalue weighted by molar-refractivity contribution is 0.0906. The molecular weight excluding hydrogens is 400 g/mol. The largest absolute Gasteiger partial charge is 0.496 e. The number of benzene rings is 3. The zero-order valence-corrected chi connectivity index (χ0v) is 18.5. The first-order valence-electron chi connectivity index (χ1n) is 11.1. The van der Waals surface area contributed by atoms with Gasteiger partial charge in [-0.25, -0.2) is 0 Å². The van der Waals surface area contributed by atoms with E-state index >= 15 is 0 Å². The maximum Gasteiger partial charge on any atom is 0.251 e. The lowest BCUT2D eigenvalue weighted by atomic mass is 10.0. The summed E-state index contributed by atoms with van der Waals surface area (Å²) in [4.78, 5) is 15.4. The van der Waals surface area contributed by atoms with Crippen LogP contribution in [0.3, 0.4) is 0 Å². The molecule has 3 aromatic carbocycles. The SMILES string of the molecule is COc1ccccc1CN1CCC(NC(=O)c2ccccc2COc2ccccc2)CC1. The number of likely N-dealkylation sites (tertiary alicyclic amines) is 1. The molecule has 0 spiro atoms. The highest BCUT2D eigenvalue weighted by molar-refractivity contribution is 5.95. The minimum absolute atomic E-state index is 0.0274. The number of nitrogens with zero attached hydrogens (tertiary/aromatic N) is 1. The molecule has 0 radical (unpaired) electrons. The molecule has 1 heterocycles. The second kappa shape index (κ2) is 10.8. The number of para-hydroxylation sites is 2. The van der Waals surface area contributed by atoms with Crippen LogP contribution in [0.5, 0.6) is 11.5 Å². The predicted molar refractivity (Wildman–Crippen MR) is 126 cm³/mol. The molecule has 0 aromatic heterocycles. The van der Waals surface area contributed by atoms with Gasteiger partial charge in [-0.15, -0.1) is 0 Å². The van der Waals surface area contributed by atoms with Crippen molar-refractivity contribution < 1.29 is 14.3 Å². The number of carbonyl (C=O) groups is 1. The number of rotatable bonds is 8. The van der Waals surface area contributed by atoms with E-state index in [-0.39, 0.29) is 11.9 Å². The van der Waals surface area contributed by atoms with Crippen LogP contribution in [0.2, 0.25) is 0 Å². The molecule has 0 aliphatic carbocycles. The fraction of sp³-hybridized carbons (Fsp3) is 0.296. The van der Waals surface area contributed by atoms with Crippen molar-refractivity contribution in [1.29, 1.82) is 0 Å². The molecule has 32 heavy (non-hydrogen) atoms. The molecule has 0 bridgehead atoms. The molecule has 5 heteroatoms. The summed E-state index contributed by atoms with van der Waals surface area (Å²) in [6.07, 6.45) is 1.87. The third-order valence-corrected chi connectivity index (χ3v) is 5.91. The third-order valence-electron chi connectivity index (χ3n) is 5.91. The van der Waals surface area contributed by atoms with Crippen molar-refractivity contribution in [2.45, 2.75) is 32.0 Å². The van der Waals surface area contributed by atoms with Crippen LogP contribution in [0.1, 0.15) is 34.3 Å². The Balaban J connectivity index is 1.30.